The fraction of sp³-hybridized carbons (Fsp3) is 0.417. The van der Waals surface area contributed by atoms with Crippen LogP contribution in [0.2, 0.25) is 0 Å². The summed E-state index contributed by atoms with van der Waals surface area (Å²) in [6, 6.07) is 4.21. The zero-order chi connectivity index (χ0) is 13.9. The minimum atomic E-state index is -0.905. The topological polar surface area (TPSA) is 92.5 Å². The number of nitrogens with zero attached hydrogens (tertiary/aromatic N) is 1. The Morgan fingerprint density at radius 2 is 2.11 bits per heavy atom. The first-order chi connectivity index (χ1) is 8.20. The van der Waals surface area contributed by atoms with Crippen molar-refractivity contribution in [2.24, 2.45) is 0 Å². The number of hydrogen-bond acceptors (Lipinski definition) is 5. The maximum atomic E-state index is 11.3. The summed E-state index contributed by atoms with van der Waals surface area (Å²) in [7, 11) is 0. The van der Waals surface area contributed by atoms with Crippen LogP contribution in [0.5, 0.6) is 0 Å². The third-order valence-electron chi connectivity index (χ3n) is 2.30. The van der Waals surface area contributed by atoms with Crippen LogP contribution >= 0.6 is 0 Å². The summed E-state index contributed by atoms with van der Waals surface area (Å²) in [5.74, 6) is -0.367. The van der Waals surface area contributed by atoms with Gasteiger partial charge < -0.3 is 10.4 Å². The van der Waals surface area contributed by atoms with Gasteiger partial charge in [-0.1, -0.05) is 0 Å². The van der Waals surface area contributed by atoms with Gasteiger partial charge in [0.15, 0.2) is 5.78 Å². The molecule has 0 aliphatic carbocycles. The molecule has 0 heterocycles. The quantitative estimate of drug-likeness (QED) is 0.475. The van der Waals surface area contributed by atoms with E-state index in [1.807, 2.05) is 0 Å². The highest BCUT2D eigenvalue weighted by Crippen LogP contribution is 2.23. The largest absolute Gasteiger partial charge is 0.389 e. The van der Waals surface area contributed by atoms with Gasteiger partial charge in [0.25, 0.3) is 5.69 Å². The van der Waals surface area contributed by atoms with Crippen LogP contribution in [0, 0.1) is 10.1 Å². The SMILES string of the molecule is CC(=O)c1cc(NCC(C)(C)O)ccc1[N+](=O)[O-]. The van der Waals surface area contributed by atoms with Gasteiger partial charge in [-0.25, -0.2) is 0 Å². The highest BCUT2D eigenvalue weighted by molar-refractivity contribution is 5.99. The molecule has 0 spiro atoms. The number of ketones is 1. The van der Waals surface area contributed by atoms with Crippen molar-refractivity contribution in [2.75, 3.05) is 11.9 Å². The number of rotatable bonds is 5. The van der Waals surface area contributed by atoms with Crippen molar-refractivity contribution in [3.05, 3.63) is 33.9 Å². The minimum Gasteiger partial charge on any atom is -0.389 e. The Kier molecular flexibility index (Phi) is 4.03. The van der Waals surface area contributed by atoms with E-state index in [1.54, 1.807) is 13.8 Å². The van der Waals surface area contributed by atoms with Crippen molar-refractivity contribution in [1.82, 2.24) is 0 Å². The van der Waals surface area contributed by atoms with Crippen LogP contribution in [0.15, 0.2) is 18.2 Å². The zero-order valence-electron chi connectivity index (χ0n) is 10.6. The summed E-state index contributed by atoms with van der Waals surface area (Å²) in [5, 5.41) is 23.2. The summed E-state index contributed by atoms with van der Waals surface area (Å²) in [6.45, 7) is 4.83. The van der Waals surface area contributed by atoms with Crippen molar-refractivity contribution < 1.29 is 14.8 Å². The predicted octanol–water partition coefficient (Wildman–Crippen LogP) is 1.98. The Morgan fingerprint density at radius 3 is 2.56 bits per heavy atom. The average Bonchev–Trinajstić information content (AvgIpc) is 2.24. The number of nitro benzene ring substituents is 1. The van der Waals surface area contributed by atoms with Crippen molar-refractivity contribution >= 4 is 17.2 Å². The molecule has 1 aromatic rings. The van der Waals surface area contributed by atoms with Gasteiger partial charge in [-0.2, -0.15) is 0 Å². The molecule has 0 fully saturated rings. The van der Waals surface area contributed by atoms with Crippen molar-refractivity contribution in [1.29, 1.82) is 0 Å². The van der Waals surface area contributed by atoms with Gasteiger partial charge in [-0.05, 0) is 32.9 Å². The van der Waals surface area contributed by atoms with Crippen LogP contribution < -0.4 is 5.32 Å². The van der Waals surface area contributed by atoms with E-state index in [4.69, 9.17) is 0 Å². The molecule has 1 rings (SSSR count). The second-order valence-corrected chi connectivity index (χ2v) is 4.71. The summed E-state index contributed by atoms with van der Waals surface area (Å²) in [5.41, 5.74) is -0.497. The predicted molar refractivity (Wildman–Crippen MR) is 67.9 cm³/mol. The Balaban J connectivity index is 3.01. The Morgan fingerprint density at radius 1 is 1.50 bits per heavy atom. The van der Waals surface area contributed by atoms with Crippen LogP contribution in [0.3, 0.4) is 0 Å². The van der Waals surface area contributed by atoms with Crippen LogP contribution in [-0.2, 0) is 0 Å². The van der Waals surface area contributed by atoms with E-state index in [0.29, 0.717) is 5.69 Å². The monoisotopic (exact) mass is 252 g/mol. The molecule has 0 radical (unpaired) electrons. The van der Waals surface area contributed by atoms with Crippen LogP contribution in [0.25, 0.3) is 0 Å². The smallest absolute Gasteiger partial charge is 0.280 e. The molecule has 0 aliphatic heterocycles. The summed E-state index contributed by atoms with van der Waals surface area (Å²) >= 11 is 0. The van der Waals surface area contributed by atoms with Crippen molar-refractivity contribution in [3.63, 3.8) is 0 Å². The lowest BCUT2D eigenvalue weighted by atomic mass is 10.1. The van der Waals surface area contributed by atoms with E-state index in [-0.39, 0.29) is 23.6 Å². The van der Waals surface area contributed by atoms with Gasteiger partial charge in [-0.3, -0.25) is 14.9 Å². The standard InChI is InChI=1S/C12H16N2O4/c1-8(15)10-6-9(13-7-12(2,3)16)4-5-11(10)14(17)18/h4-6,13,16H,7H2,1-3H3. The molecular formula is C12H16N2O4. The van der Waals surface area contributed by atoms with Crippen molar-refractivity contribution in [3.8, 4) is 0 Å². The molecule has 0 saturated carbocycles. The molecule has 18 heavy (non-hydrogen) atoms. The number of carbonyl (C=O) groups is 1. The van der Waals surface area contributed by atoms with E-state index in [2.05, 4.69) is 5.32 Å². The van der Waals surface area contributed by atoms with Gasteiger partial charge in [0.1, 0.15) is 0 Å². The average molecular weight is 252 g/mol. The normalized spacial score (nSPS) is 11.1. The van der Waals surface area contributed by atoms with Gasteiger partial charge in [0, 0.05) is 18.3 Å². The second kappa shape index (κ2) is 5.14. The number of benzene rings is 1. The zero-order valence-corrected chi connectivity index (χ0v) is 10.6. The Labute approximate surface area is 105 Å². The first kappa shape index (κ1) is 14.1. The second-order valence-electron chi connectivity index (χ2n) is 4.71. The number of nitrogens with one attached hydrogen (secondary N) is 1. The first-order valence-corrected chi connectivity index (χ1v) is 5.46. The third-order valence-corrected chi connectivity index (χ3v) is 2.30. The molecule has 6 heteroatoms. The van der Waals surface area contributed by atoms with Gasteiger partial charge in [0.05, 0.1) is 16.1 Å². The summed E-state index contributed by atoms with van der Waals surface area (Å²) in [6.07, 6.45) is 0. The first-order valence-electron chi connectivity index (χ1n) is 5.46. The maximum Gasteiger partial charge on any atom is 0.280 e. The molecule has 0 saturated heterocycles. The van der Waals surface area contributed by atoms with Crippen LogP contribution in [-0.4, -0.2) is 28.0 Å². The number of nitro groups is 1. The lowest BCUT2D eigenvalue weighted by molar-refractivity contribution is -0.385. The Bertz CT molecular complexity index is 477. The lowest BCUT2D eigenvalue weighted by Crippen LogP contribution is -2.29. The molecule has 0 unspecified atom stereocenters. The number of hydrogen-bond donors (Lipinski definition) is 2. The third kappa shape index (κ3) is 3.81. The highest BCUT2D eigenvalue weighted by Gasteiger charge is 2.18. The fourth-order valence-corrected chi connectivity index (χ4v) is 1.41. The number of carbonyl (C=O) groups excluding carboxylic acids is 1. The molecule has 0 atom stereocenters. The highest BCUT2D eigenvalue weighted by atomic mass is 16.6. The van der Waals surface area contributed by atoms with E-state index < -0.39 is 10.5 Å². The van der Waals surface area contributed by atoms with Gasteiger partial charge in [0.2, 0.25) is 0 Å². The number of aliphatic hydroxyl groups is 1. The van der Waals surface area contributed by atoms with Gasteiger partial charge >= 0.3 is 0 Å². The van der Waals surface area contributed by atoms with Crippen molar-refractivity contribution in [2.45, 2.75) is 26.4 Å². The molecule has 6 nitrogen and oxygen atoms in total. The fourth-order valence-electron chi connectivity index (χ4n) is 1.41. The summed E-state index contributed by atoms with van der Waals surface area (Å²) in [4.78, 5) is 21.5. The Hall–Kier alpha value is -1.95. The molecule has 0 aromatic heterocycles. The van der Waals surface area contributed by atoms with E-state index in [9.17, 15) is 20.0 Å². The maximum absolute atomic E-state index is 11.3. The molecule has 2 N–H and O–H groups in total. The van der Waals surface area contributed by atoms with E-state index >= 15 is 0 Å². The molecular weight excluding hydrogens is 236 g/mol. The summed E-state index contributed by atoms with van der Waals surface area (Å²) < 4.78 is 0. The number of anilines is 1. The molecule has 0 amide bonds. The minimum absolute atomic E-state index is 0.0562. The van der Waals surface area contributed by atoms with E-state index in [0.717, 1.165) is 0 Å². The van der Waals surface area contributed by atoms with Crippen LogP contribution in [0.4, 0.5) is 11.4 Å². The lowest BCUT2D eigenvalue weighted by Gasteiger charge is -2.18. The van der Waals surface area contributed by atoms with Crippen LogP contribution in [0.1, 0.15) is 31.1 Å². The molecule has 1 aromatic carbocycles. The molecule has 0 aliphatic rings. The molecule has 98 valence electrons. The van der Waals surface area contributed by atoms with E-state index in [1.165, 1.54) is 25.1 Å². The molecule has 0 bridgehead atoms. The van der Waals surface area contributed by atoms with Gasteiger partial charge in [-0.15, -0.1) is 0 Å². The number of Topliss-reactive ketones (excluding diaryl/α,β-unsaturated/α-hetero) is 1.